The summed E-state index contributed by atoms with van der Waals surface area (Å²) in [6, 6.07) is 1.88. The monoisotopic (exact) mass is 375 g/mol. The summed E-state index contributed by atoms with van der Waals surface area (Å²) in [4.78, 5) is 24.6. The summed E-state index contributed by atoms with van der Waals surface area (Å²) in [5.74, 6) is 0.0656. The molecule has 0 spiro atoms. The minimum Gasteiger partial charge on any atom is -0.481 e. The zero-order valence-electron chi connectivity index (χ0n) is 15.8. The van der Waals surface area contributed by atoms with Crippen LogP contribution in [0.2, 0.25) is 0 Å². The zero-order chi connectivity index (χ0) is 19.6. The van der Waals surface area contributed by atoms with Gasteiger partial charge in [0, 0.05) is 25.8 Å². The van der Waals surface area contributed by atoms with Crippen LogP contribution in [0.15, 0.2) is 41.1 Å². The average Bonchev–Trinajstić information content (AvgIpc) is 3.02. The fraction of sp³-hybridized carbons (Fsp3) is 0.524. The van der Waals surface area contributed by atoms with Gasteiger partial charge in [-0.15, -0.1) is 0 Å². The van der Waals surface area contributed by atoms with Crippen molar-refractivity contribution in [1.29, 1.82) is 0 Å². The lowest BCUT2D eigenvalue weighted by Crippen LogP contribution is -2.42. The molecule has 1 saturated heterocycles. The van der Waals surface area contributed by atoms with E-state index < -0.39 is 12.1 Å². The molecule has 0 bridgehead atoms. The molecule has 1 unspecified atom stereocenters. The smallest absolute Gasteiger partial charge is 0.303 e. The largest absolute Gasteiger partial charge is 0.481 e. The zero-order valence-corrected chi connectivity index (χ0v) is 15.8. The van der Waals surface area contributed by atoms with E-state index >= 15 is 0 Å². The van der Waals surface area contributed by atoms with Crippen molar-refractivity contribution < 1.29 is 24.2 Å². The molecule has 1 aromatic rings. The molecule has 2 atom stereocenters. The molecule has 6 heteroatoms. The molecule has 2 heterocycles. The Bertz CT molecular complexity index is 676. The second kappa shape index (κ2) is 10.7. The molecule has 1 aliphatic rings. The van der Waals surface area contributed by atoms with Gasteiger partial charge in [-0.3, -0.25) is 9.59 Å². The number of hydrogen-bond acceptors (Lipinski definition) is 4. The van der Waals surface area contributed by atoms with Gasteiger partial charge in [0.15, 0.2) is 0 Å². The first-order valence-corrected chi connectivity index (χ1v) is 9.52. The Morgan fingerprint density at radius 3 is 2.96 bits per heavy atom. The number of allylic oxidation sites excluding steroid dienone is 1. The maximum Gasteiger partial charge on any atom is 0.303 e. The van der Waals surface area contributed by atoms with Crippen molar-refractivity contribution in [1.82, 2.24) is 4.90 Å². The van der Waals surface area contributed by atoms with E-state index in [0.29, 0.717) is 32.2 Å². The first kappa shape index (κ1) is 21.0. The number of hydrogen-bond donors (Lipinski definition) is 2. The van der Waals surface area contributed by atoms with Crippen molar-refractivity contribution in [3.8, 4) is 0 Å². The van der Waals surface area contributed by atoms with Gasteiger partial charge in [0.25, 0.3) is 0 Å². The van der Waals surface area contributed by atoms with E-state index in [0.717, 1.165) is 24.2 Å². The summed E-state index contributed by atoms with van der Waals surface area (Å²) in [6.07, 6.45) is 12.6. The molecule has 1 aromatic heterocycles. The highest BCUT2D eigenvalue weighted by Crippen LogP contribution is 2.20. The topological polar surface area (TPSA) is 91.0 Å². The third kappa shape index (κ3) is 7.43. The van der Waals surface area contributed by atoms with Crippen LogP contribution in [0.1, 0.15) is 49.8 Å². The molecular formula is C21H29NO5. The van der Waals surface area contributed by atoms with E-state index in [1.54, 1.807) is 12.3 Å². The van der Waals surface area contributed by atoms with Crippen LogP contribution in [0, 0.1) is 6.92 Å². The van der Waals surface area contributed by atoms with Crippen molar-refractivity contribution >= 4 is 11.9 Å². The number of amides is 1. The Morgan fingerprint density at radius 1 is 1.44 bits per heavy atom. The van der Waals surface area contributed by atoms with Crippen molar-refractivity contribution in [3.63, 3.8) is 0 Å². The SMILES string of the molecule is Cc1coc(CC(O)/C=C/[C@H]2CCCC(=O)N2C/C=C\CCCC(=O)O)c1. The average molecular weight is 375 g/mol. The molecule has 0 saturated carbocycles. The predicted molar refractivity (Wildman–Crippen MR) is 102 cm³/mol. The maximum atomic E-state index is 12.3. The number of likely N-dealkylation sites (tertiary alicyclic amines) is 1. The minimum absolute atomic E-state index is 0.0251. The quantitative estimate of drug-likeness (QED) is 0.484. The van der Waals surface area contributed by atoms with Crippen molar-refractivity contribution in [2.75, 3.05) is 6.54 Å². The van der Waals surface area contributed by atoms with E-state index in [1.165, 1.54) is 0 Å². The van der Waals surface area contributed by atoms with Gasteiger partial charge in [-0.25, -0.2) is 0 Å². The summed E-state index contributed by atoms with van der Waals surface area (Å²) >= 11 is 0. The number of carboxylic acid groups (broad SMARTS) is 1. The lowest BCUT2D eigenvalue weighted by atomic mass is 10.00. The number of furan rings is 1. The summed E-state index contributed by atoms with van der Waals surface area (Å²) in [5.41, 5.74) is 1.03. The molecular weight excluding hydrogens is 346 g/mol. The molecule has 0 aliphatic carbocycles. The van der Waals surface area contributed by atoms with Gasteiger partial charge < -0.3 is 19.5 Å². The highest BCUT2D eigenvalue weighted by atomic mass is 16.4. The van der Waals surface area contributed by atoms with E-state index in [2.05, 4.69) is 0 Å². The van der Waals surface area contributed by atoms with Crippen LogP contribution in [0.25, 0.3) is 0 Å². The predicted octanol–water partition coefficient (Wildman–Crippen LogP) is 3.24. The van der Waals surface area contributed by atoms with Gasteiger partial charge in [-0.2, -0.15) is 0 Å². The van der Waals surface area contributed by atoms with E-state index in [-0.39, 0.29) is 18.4 Å². The summed E-state index contributed by atoms with van der Waals surface area (Å²) < 4.78 is 5.36. The Hall–Kier alpha value is -2.34. The Balaban J connectivity index is 1.85. The number of carboxylic acids is 1. The molecule has 148 valence electrons. The standard InChI is InChI=1S/C21H29NO5/c1-16-13-19(27-15-16)14-18(23)11-10-17-7-6-8-20(24)22(17)12-5-3-2-4-9-21(25)26/h3,5,10-11,13,15,17-18,23H,2,4,6-9,12,14H2,1H3,(H,25,26)/b5-3-,11-10+/t17-,18?/m1/s1. The Labute approximate surface area is 160 Å². The fourth-order valence-electron chi connectivity index (χ4n) is 3.19. The van der Waals surface area contributed by atoms with Crippen LogP contribution in [0.4, 0.5) is 0 Å². The van der Waals surface area contributed by atoms with Crippen LogP contribution >= 0.6 is 0 Å². The van der Waals surface area contributed by atoms with Gasteiger partial charge in [-0.1, -0.05) is 24.3 Å². The third-order valence-electron chi connectivity index (χ3n) is 4.59. The van der Waals surface area contributed by atoms with Gasteiger partial charge in [0.1, 0.15) is 5.76 Å². The molecule has 1 aliphatic heterocycles. The Morgan fingerprint density at radius 2 is 2.26 bits per heavy atom. The number of piperidine rings is 1. The first-order valence-electron chi connectivity index (χ1n) is 9.52. The number of aliphatic hydroxyl groups is 1. The number of unbranched alkanes of at least 4 members (excludes halogenated alkanes) is 1. The summed E-state index contributed by atoms with van der Waals surface area (Å²) in [5, 5.41) is 18.8. The van der Waals surface area contributed by atoms with Gasteiger partial charge in [0.2, 0.25) is 5.91 Å². The number of carbonyl (C=O) groups excluding carboxylic acids is 1. The Kier molecular flexibility index (Phi) is 8.33. The first-order chi connectivity index (χ1) is 13.0. The number of rotatable bonds is 10. The number of aliphatic hydroxyl groups excluding tert-OH is 1. The molecule has 0 radical (unpaired) electrons. The van der Waals surface area contributed by atoms with E-state index in [9.17, 15) is 14.7 Å². The minimum atomic E-state index is -0.789. The third-order valence-corrected chi connectivity index (χ3v) is 4.59. The van der Waals surface area contributed by atoms with Crippen LogP contribution < -0.4 is 0 Å². The molecule has 27 heavy (non-hydrogen) atoms. The number of aliphatic carboxylic acids is 1. The normalized spacial score (nSPS) is 19.3. The maximum absolute atomic E-state index is 12.3. The number of aryl methyl sites for hydroxylation is 1. The van der Waals surface area contributed by atoms with Crippen LogP contribution in [-0.4, -0.2) is 45.7 Å². The molecule has 1 fully saturated rings. The lowest BCUT2D eigenvalue weighted by Gasteiger charge is -2.33. The highest BCUT2D eigenvalue weighted by molar-refractivity contribution is 5.77. The molecule has 2 rings (SSSR count). The van der Waals surface area contributed by atoms with E-state index in [4.69, 9.17) is 9.52 Å². The van der Waals surface area contributed by atoms with Crippen molar-refractivity contribution in [2.45, 2.75) is 64.0 Å². The van der Waals surface area contributed by atoms with Crippen LogP contribution in [0.5, 0.6) is 0 Å². The van der Waals surface area contributed by atoms with Gasteiger partial charge >= 0.3 is 5.97 Å². The van der Waals surface area contributed by atoms with Crippen molar-refractivity contribution in [3.05, 3.63) is 48.0 Å². The number of carbonyl (C=O) groups is 2. The second-order valence-corrected chi connectivity index (χ2v) is 7.01. The molecule has 6 nitrogen and oxygen atoms in total. The summed E-state index contributed by atoms with van der Waals surface area (Å²) in [6.45, 7) is 2.45. The molecule has 2 N–H and O–H groups in total. The summed E-state index contributed by atoms with van der Waals surface area (Å²) in [7, 11) is 0. The lowest BCUT2D eigenvalue weighted by molar-refractivity contribution is -0.137. The van der Waals surface area contributed by atoms with Gasteiger partial charge in [-0.05, 0) is 44.2 Å². The number of nitrogens with zero attached hydrogens (tertiary/aromatic N) is 1. The van der Waals surface area contributed by atoms with Gasteiger partial charge in [0.05, 0.1) is 18.4 Å². The second-order valence-electron chi connectivity index (χ2n) is 7.01. The molecule has 1 amide bonds. The highest BCUT2D eigenvalue weighted by Gasteiger charge is 2.25. The van der Waals surface area contributed by atoms with Crippen molar-refractivity contribution in [2.24, 2.45) is 0 Å². The fourth-order valence-corrected chi connectivity index (χ4v) is 3.19. The molecule has 0 aromatic carbocycles. The van der Waals surface area contributed by atoms with Crippen LogP contribution in [-0.2, 0) is 16.0 Å². The van der Waals surface area contributed by atoms with E-state index in [1.807, 2.05) is 36.1 Å². The van der Waals surface area contributed by atoms with Crippen LogP contribution in [0.3, 0.4) is 0 Å².